The maximum Gasteiger partial charge on any atom is 0.194 e. The minimum atomic E-state index is -1.43. The van der Waals surface area contributed by atoms with E-state index in [-0.39, 0.29) is 23.7 Å². The smallest absolute Gasteiger partial charge is 0.194 e. The Bertz CT molecular complexity index is 780. The minimum Gasteiger partial charge on any atom is -0.207 e. The molecule has 24 heavy (non-hydrogen) atoms. The summed E-state index contributed by atoms with van der Waals surface area (Å²) in [6.45, 7) is 3.65. The first kappa shape index (κ1) is 16.7. The fourth-order valence-electron chi connectivity index (χ4n) is 3.41. The summed E-state index contributed by atoms with van der Waals surface area (Å²) in [4.78, 5) is 0. The van der Waals surface area contributed by atoms with E-state index in [4.69, 9.17) is 0 Å². The second-order valence-corrected chi connectivity index (χ2v) is 6.25. The topological polar surface area (TPSA) is 0 Å². The molecule has 0 bridgehead atoms. The lowest BCUT2D eigenvalue weighted by Crippen LogP contribution is -2.17. The van der Waals surface area contributed by atoms with Crippen molar-refractivity contribution in [2.75, 3.05) is 0 Å². The van der Waals surface area contributed by atoms with Gasteiger partial charge >= 0.3 is 0 Å². The third kappa shape index (κ3) is 3.10. The van der Waals surface area contributed by atoms with E-state index in [0.29, 0.717) is 24.0 Å². The molecule has 0 radical (unpaired) electrons. The van der Waals surface area contributed by atoms with Crippen LogP contribution in [0.15, 0.2) is 36.9 Å². The zero-order valence-corrected chi connectivity index (χ0v) is 13.2. The van der Waals surface area contributed by atoms with Crippen LogP contribution in [0, 0.1) is 23.3 Å². The Hall–Kier alpha value is -2.10. The standard InChI is InChI=1S/C20H18F4/c1-2-3-4-12-5-7-15(17(21)9-12)13-6-8-16-14(10-13)11-18(22)20(24)19(16)23/h2,5,7,9,11,13H,1,3-4,6,8,10H2. The molecule has 0 spiro atoms. The van der Waals surface area contributed by atoms with Crippen LogP contribution in [0.4, 0.5) is 17.6 Å². The van der Waals surface area contributed by atoms with Gasteiger partial charge in [0.1, 0.15) is 5.82 Å². The molecule has 0 aliphatic heterocycles. The highest BCUT2D eigenvalue weighted by Crippen LogP contribution is 2.36. The number of aryl methyl sites for hydroxylation is 1. The van der Waals surface area contributed by atoms with Gasteiger partial charge in [-0.25, -0.2) is 17.6 Å². The van der Waals surface area contributed by atoms with Crippen LogP contribution in [0.1, 0.15) is 41.0 Å². The van der Waals surface area contributed by atoms with E-state index in [9.17, 15) is 17.6 Å². The van der Waals surface area contributed by atoms with Crippen LogP contribution < -0.4 is 0 Å². The predicted molar refractivity (Wildman–Crippen MR) is 86.0 cm³/mol. The van der Waals surface area contributed by atoms with E-state index in [2.05, 4.69) is 6.58 Å². The van der Waals surface area contributed by atoms with E-state index in [1.165, 1.54) is 6.07 Å². The van der Waals surface area contributed by atoms with E-state index in [1.807, 2.05) is 6.07 Å². The van der Waals surface area contributed by atoms with Crippen molar-refractivity contribution in [3.8, 4) is 0 Å². The van der Waals surface area contributed by atoms with Crippen molar-refractivity contribution in [3.05, 3.63) is 82.4 Å². The molecule has 1 aliphatic rings. The molecule has 2 aromatic rings. The molecule has 3 rings (SSSR count). The van der Waals surface area contributed by atoms with E-state index in [1.54, 1.807) is 12.1 Å². The van der Waals surface area contributed by atoms with Gasteiger partial charge in [-0.15, -0.1) is 6.58 Å². The quantitative estimate of drug-likeness (QED) is 0.386. The fourth-order valence-corrected chi connectivity index (χ4v) is 3.41. The molecule has 0 amide bonds. The molecule has 0 saturated carbocycles. The van der Waals surface area contributed by atoms with Gasteiger partial charge in [0.25, 0.3) is 0 Å². The first-order valence-corrected chi connectivity index (χ1v) is 8.05. The van der Waals surface area contributed by atoms with E-state index in [0.717, 1.165) is 24.5 Å². The van der Waals surface area contributed by atoms with Crippen LogP contribution in [0.5, 0.6) is 0 Å². The molecule has 126 valence electrons. The van der Waals surface area contributed by atoms with Crippen molar-refractivity contribution in [1.82, 2.24) is 0 Å². The lowest BCUT2D eigenvalue weighted by Gasteiger charge is -2.26. The molecule has 2 aromatic carbocycles. The number of rotatable bonds is 4. The molecule has 0 nitrogen and oxygen atoms in total. The summed E-state index contributed by atoms with van der Waals surface area (Å²) in [5, 5.41) is 0. The summed E-state index contributed by atoms with van der Waals surface area (Å²) in [6, 6.07) is 6.18. The molecule has 0 saturated heterocycles. The number of allylic oxidation sites excluding steroid dienone is 1. The molecular formula is C20H18F4. The molecule has 0 fully saturated rings. The number of benzene rings is 2. The molecule has 1 unspecified atom stereocenters. The van der Waals surface area contributed by atoms with Crippen LogP contribution in [-0.4, -0.2) is 0 Å². The Labute approximate surface area is 138 Å². The Morgan fingerprint density at radius 1 is 1.04 bits per heavy atom. The van der Waals surface area contributed by atoms with Crippen LogP contribution >= 0.6 is 0 Å². The lowest BCUT2D eigenvalue weighted by atomic mass is 9.79. The molecule has 4 heteroatoms. The summed E-state index contributed by atoms with van der Waals surface area (Å²) in [5.41, 5.74) is 2.09. The molecule has 1 aliphatic carbocycles. The summed E-state index contributed by atoms with van der Waals surface area (Å²) in [7, 11) is 0. The Kier molecular flexibility index (Phi) is 4.74. The first-order valence-electron chi connectivity index (χ1n) is 8.05. The van der Waals surface area contributed by atoms with Crippen LogP contribution in [0.2, 0.25) is 0 Å². The van der Waals surface area contributed by atoms with Crippen molar-refractivity contribution >= 4 is 0 Å². The second kappa shape index (κ2) is 6.80. The highest BCUT2D eigenvalue weighted by molar-refractivity contribution is 5.37. The zero-order chi connectivity index (χ0) is 17.3. The number of hydrogen-bond acceptors (Lipinski definition) is 0. The van der Waals surface area contributed by atoms with Crippen molar-refractivity contribution in [2.24, 2.45) is 0 Å². The number of halogens is 4. The SMILES string of the molecule is C=CCCc1ccc(C2CCc3c(cc(F)c(F)c3F)C2)c(F)c1. The number of hydrogen-bond donors (Lipinski definition) is 0. The van der Waals surface area contributed by atoms with Crippen molar-refractivity contribution < 1.29 is 17.6 Å². The minimum absolute atomic E-state index is 0.157. The third-order valence-electron chi connectivity index (χ3n) is 4.71. The maximum atomic E-state index is 14.4. The van der Waals surface area contributed by atoms with Crippen LogP contribution in [0.25, 0.3) is 0 Å². The van der Waals surface area contributed by atoms with Crippen LogP contribution in [0.3, 0.4) is 0 Å². The summed E-state index contributed by atoms with van der Waals surface area (Å²) in [5.74, 6) is -4.18. The summed E-state index contributed by atoms with van der Waals surface area (Å²) < 4.78 is 55.0. The highest BCUT2D eigenvalue weighted by Gasteiger charge is 2.27. The first-order chi connectivity index (χ1) is 11.5. The van der Waals surface area contributed by atoms with Crippen molar-refractivity contribution in [1.29, 1.82) is 0 Å². The normalized spacial score (nSPS) is 16.8. The molecule has 0 heterocycles. The van der Waals surface area contributed by atoms with Gasteiger partial charge in [0.2, 0.25) is 0 Å². The molecule has 1 atom stereocenters. The Morgan fingerprint density at radius 3 is 2.54 bits per heavy atom. The van der Waals surface area contributed by atoms with Crippen molar-refractivity contribution in [3.63, 3.8) is 0 Å². The van der Waals surface area contributed by atoms with Gasteiger partial charge in [0.05, 0.1) is 0 Å². The number of fused-ring (bicyclic) bond motifs is 1. The summed E-state index contributed by atoms with van der Waals surface area (Å²) >= 11 is 0. The van der Waals surface area contributed by atoms with Gasteiger partial charge in [-0.2, -0.15) is 0 Å². The van der Waals surface area contributed by atoms with Gasteiger partial charge in [-0.05, 0) is 72.4 Å². The molecular weight excluding hydrogens is 316 g/mol. The zero-order valence-electron chi connectivity index (χ0n) is 13.2. The monoisotopic (exact) mass is 334 g/mol. The highest BCUT2D eigenvalue weighted by atomic mass is 19.2. The van der Waals surface area contributed by atoms with E-state index < -0.39 is 17.5 Å². The third-order valence-corrected chi connectivity index (χ3v) is 4.71. The van der Waals surface area contributed by atoms with Gasteiger partial charge in [-0.1, -0.05) is 18.2 Å². The fraction of sp³-hybridized carbons (Fsp3) is 0.300. The van der Waals surface area contributed by atoms with Gasteiger partial charge in [0.15, 0.2) is 17.5 Å². The summed E-state index contributed by atoms with van der Waals surface area (Å²) in [6.07, 6.45) is 4.39. The van der Waals surface area contributed by atoms with Crippen molar-refractivity contribution in [2.45, 2.75) is 38.0 Å². The average molecular weight is 334 g/mol. The predicted octanol–water partition coefficient (Wildman–Crippen LogP) is 5.63. The lowest BCUT2D eigenvalue weighted by molar-refractivity contribution is 0.427. The van der Waals surface area contributed by atoms with Gasteiger partial charge in [-0.3, -0.25) is 0 Å². The maximum absolute atomic E-state index is 14.4. The molecule has 0 aromatic heterocycles. The molecule has 0 N–H and O–H groups in total. The second-order valence-electron chi connectivity index (χ2n) is 6.25. The van der Waals surface area contributed by atoms with E-state index >= 15 is 0 Å². The van der Waals surface area contributed by atoms with Gasteiger partial charge in [0, 0.05) is 0 Å². The van der Waals surface area contributed by atoms with Crippen LogP contribution in [-0.2, 0) is 19.3 Å². The average Bonchev–Trinajstić information content (AvgIpc) is 2.57. The Balaban J connectivity index is 1.86. The van der Waals surface area contributed by atoms with Gasteiger partial charge < -0.3 is 0 Å². The largest absolute Gasteiger partial charge is 0.207 e. The Morgan fingerprint density at radius 2 is 1.83 bits per heavy atom.